The van der Waals surface area contributed by atoms with Gasteiger partial charge in [0.25, 0.3) is 5.91 Å². The van der Waals surface area contributed by atoms with Crippen molar-refractivity contribution in [2.75, 3.05) is 6.79 Å². The number of ether oxygens (including phenoxy) is 2. The van der Waals surface area contributed by atoms with Crippen molar-refractivity contribution in [1.82, 2.24) is 9.88 Å². The molecule has 0 radical (unpaired) electrons. The third-order valence-corrected chi connectivity index (χ3v) is 6.78. The fraction of sp³-hybridized carbons (Fsp3) is 0.318. The Balaban J connectivity index is 1.53. The predicted octanol–water partition coefficient (Wildman–Crippen LogP) is 5.11. The van der Waals surface area contributed by atoms with Crippen LogP contribution in [0.2, 0.25) is 0 Å². The highest BCUT2D eigenvalue weighted by molar-refractivity contribution is 8.26. The molecule has 2 aromatic rings. The Morgan fingerprint density at radius 3 is 2.76 bits per heavy atom. The average Bonchev–Trinajstić information content (AvgIpc) is 3.31. The molecule has 4 rings (SSSR count). The number of carbonyl (C=O) groups is 1. The van der Waals surface area contributed by atoms with E-state index in [1.54, 1.807) is 11.1 Å². The Hall–Kier alpha value is -2.38. The molecule has 2 atom stereocenters. The highest BCUT2D eigenvalue weighted by atomic mass is 32.2. The van der Waals surface area contributed by atoms with Crippen LogP contribution in [0.4, 0.5) is 0 Å². The lowest BCUT2D eigenvalue weighted by molar-refractivity contribution is -0.124. The van der Waals surface area contributed by atoms with Gasteiger partial charge in [0.1, 0.15) is 4.32 Å². The molecule has 0 aliphatic carbocycles. The third-order valence-electron chi connectivity index (χ3n) is 5.45. The van der Waals surface area contributed by atoms with Crippen LogP contribution in [0.1, 0.15) is 32.8 Å². The second-order valence-electron chi connectivity index (χ2n) is 7.22. The monoisotopic (exact) mass is 426 g/mol. The molecule has 1 aromatic carbocycles. The summed E-state index contributed by atoms with van der Waals surface area (Å²) in [6, 6.07) is 9.74. The zero-order chi connectivity index (χ0) is 20.5. The topological polar surface area (TPSA) is 51.7 Å². The number of nitrogens with zero attached hydrogens (tertiary/aromatic N) is 2. The molecule has 0 bridgehead atoms. The highest BCUT2D eigenvalue weighted by Gasteiger charge is 2.36. The minimum Gasteiger partial charge on any atom is -0.454 e. The first-order chi connectivity index (χ1) is 14.0. The summed E-state index contributed by atoms with van der Waals surface area (Å²) in [7, 11) is 0. The lowest BCUT2D eigenvalue weighted by atomic mass is 9.99. The van der Waals surface area contributed by atoms with Crippen molar-refractivity contribution in [3.05, 3.63) is 47.0 Å². The van der Waals surface area contributed by atoms with E-state index < -0.39 is 0 Å². The molecule has 1 saturated heterocycles. The number of carbonyl (C=O) groups excluding carboxylic acids is 1. The Morgan fingerprint density at radius 2 is 2.03 bits per heavy atom. The van der Waals surface area contributed by atoms with Crippen LogP contribution in [0.3, 0.4) is 0 Å². The minimum absolute atomic E-state index is 0.0207. The van der Waals surface area contributed by atoms with Crippen LogP contribution >= 0.6 is 24.0 Å². The van der Waals surface area contributed by atoms with Gasteiger partial charge in [-0.25, -0.2) is 0 Å². The number of rotatable bonds is 5. The molecule has 29 heavy (non-hydrogen) atoms. The molecule has 1 aromatic heterocycles. The van der Waals surface area contributed by atoms with Crippen molar-refractivity contribution in [2.45, 2.75) is 33.2 Å². The lowest BCUT2D eigenvalue weighted by Gasteiger charge is -2.27. The van der Waals surface area contributed by atoms with Crippen molar-refractivity contribution < 1.29 is 14.3 Å². The summed E-state index contributed by atoms with van der Waals surface area (Å²) in [5.41, 5.74) is 2.65. The van der Waals surface area contributed by atoms with Gasteiger partial charge in [0.05, 0.1) is 10.6 Å². The normalized spacial score (nSPS) is 19.1. The second-order valence-corrected chi connectivity index (χ2v) is 8.90. The first-order valence-corrected chi connectivity index (χ1v) is 10.8. The molecule has 0 saturated carbocycles. The molecule has 150 valence electrons. The van der Waals surface area contributed by atoms with E-state index in [9.17, 15) is 4.79 Å². The van der Waals surface area contributed by atoms with Crippen LogP contribution in [0.5, 0.6) is 11.5 Å². The molecular weight excluding hydrogens is 404 g/mol. The molecule has 3 heterocycles. The fourth-order valence-corrected chi connectivity index (χ4v) is 4.73. The maximum Gasteiger partial charge on any atom is 0.266 e. The van der Waals surface area contributed by atoms with E-state index in [1.165, 1.54) is 11.8 Å². The molecule has 2 aliphatic heterocycles. The van der Waals surface area contributed by atoms with E-state index in [0.717, 1.165) is 34.7 Å². The SMILES string of the molecule is CC[C@H](C)[C@@H](C)N1C(=O)/C(=C/c2ccc(-c3ccc4c(c3)OCO4)nc2)SC1=S. The molecule has 0 spiro atoms. The van der Waals surface area contributed by atoms with Crippen molar-refractivity contribution in [1.29, 1.82) is 0 Å². The van der Waals surface area contributed by atoms with E-state index in [4.69, 9.17) is 21.7 Å². The van der Waals surface area contributed by atoms with Crippen LogP contribution < -0.4 is 9.47 Å². The van der Waals surface area contributed by atoms with Gasteiger partial charge in [0.15, 0.2) is 11.5 Å². The molecule has 0 N–H and O–H groups in total. The Morgan fingerprint density at radius 1 is 1.24 bits per heavy atom. The summed E-state index contributed by atoms with van der Waals surface area (Å²) in [4.78, 5) is 19.8. The van der Waals surface area contributed by atoms with Gasteiger partial charge >= 0.3 is 0 Å². The molecule has 1 amide bonds. The van der Waals surface area contributed by atoms with Gasteiger partial charge in [-0.05, 0) is 48.7 Å². The van der Waals surface area contributed by atoms with E-state index in [-0.39, 0.29) is 18.7 Å². The number of fused-ring (bicyclic) bond motifs is 1. The van der Waals surface area contributed by atoms with E-state index >= 15 is 0 Å². The number of benzene rings is 1. The van der Waals surface area contributed by atoms with Crippen LogP contribution in [0, 0.1) is 5.92 Å². The minimum atomic E-state index is -0.0207. The van der Waals surface area contributed by atoms with Crippen molar-refractivity contribution in [2.24, 2.45) is 5.92 Å². The summed E-state index contributed by atoms with van der Waals surface area (Å²) in [6.45, 7) is 6.58. The van der Waals surface area contributed by atoms with Gasteiger partial charge in [-0.1, -0.05) is 50.3 Å². The summed E-state index contributed by atoms with van der Waals surface area (Å²) in [5, 5.41) is 0. The van der Waals surface area contributed by atoms with Gasteiger partial charge in [-0.2, -0.15) is 0 Å². The summed E-state index contributed by atoms with van der Waals surface area (Å²) < 4.78 is 11.4. The number of thiocarbonyl (C=S) groups is 1. The number of hydrogen-bond donors (Lipinski definition) is 0. The van der Waals surface area contributed by atoms with Crippen LogP contribution in [0.15, 0.2) is 41.4 Å². The molecule has 0 unspecified atom stereocenters. The van der Waals surface area contributed by atoms with Crippen molar-refractivity contribution in [3.8, 4) is 22.8 Å². The zero-order valence-corrected chi connectivity index (χ0v) is 18.2. The highest BCUT2D eigenvalue weighted by Crippen LogP contribution is 2.37. The summed E-state index contributed by atoms with van der Waals surface area (Å²) in [5.74, 6) is 1.85. The number of pyridine rings is 1. The van der Waals surface area contributed by atoms with Crippen molar-refractivity contribution in [3.63, 3.8) is 0 Å². The first kappa shape index (κ1) is 19.9. The first-order valence-electron chi connectivity index (χ1n) is 9.61. The van der Waals surface area contributed by atoms with Crippen LogP contribution in [0.25, 0.3) is 17.3 Å². The standard InChI is InChI=1S/C22H22N2O3S2/c1-4-13(2)14(3)24-21(25)20(29-22(24)28)9-15-5-7-17(23-11-15)16-6-8-18-19(10-16)27-12-26-18/h5-11,13-14H,4,12H2,1-3H3/b20-9-/t13-,14+/m0/s1. The van der Waals surface area contributed by atoms with E-state index in [2.05, 4.69) is 25.8 Å². The Kier molecular flexibility index (Phi) is 5.61. The maximum absolute atomic E-state index is 12.9. The maximum atomic E-state index is 12.9. The predicted molar refractivity (Wildman–Crippen MR) is 120 cm³/mol. The van der Waals surface area contributed by atoms with Gasteiger partial charge in [-0.15, -0.1) is 0 Å². The van der Waals surface area contributed by atoms with E-state index in [1.807, 2.05) is 36.4 Å². The number of hydrogen-bond acceptors (Lipinski definition) is 6. The summed E-state index contributed by atoms with van der Waals surface area (Å²) >= 11 is 6.83. The number of amides is 1. The van der Waals surface area contributed by atoms with Gasteiger partial charge < -0.3 is 9.47 Å². The molecule has 1 fully saturated rings. The zero-order valence-electron chi connectivity index (χ0n) is 16.5. The van der Waals surface area contributed by atoms with Crippen LogP contribution in [-0.4, -0.2) is 32.9 Å². The van der Waals surface area contributed by atoms with Crippen molar-refractivity contribution >= 4 is 40.3 Å². The Labute approximate surface area is 180 Å². The quantitative estimate of drug-likeness (QED) is 0.489. The summed E-state index contributed by atoms with van der Waals surface area (Å²) in [6.07, 6.45) is 4.63. The lowest BCUT2D eigenvalue weighted by Crippen LogP contribution is -2.40. The Bertz CT molecular complexity index is 988. The number of aromatic nitrogens is 1. The largest absolute Gasteiger partial charge is 0.454 e. The van der Waals surface area contributed by atoms with Gasteiger partial charge in [0, 0.05) is 17.8 Å². The second kappa shape index (κ2) is 8.16. The molecule has 5 nitrogen and oxygen atoms in total. The smallest absolute Gasteiger partial charge is 0.266 e. The molecular formula is C22H22N2O3S2. The van der Waals surface area contributed by atoms with Crippen LogP contribution in [-0.2, 0) is 4.79 Å². The average molecular weight is 427 g/mol. The van der Waals surface area contributed by atoms with Gasteiger partial charge in [-0.3, -0.25) is 14.7 Å². The van der Waals surface area contributed by atoms with E-state index in [0.29, 0.717) is 15.1 Å². The fourth-order valence-electron chi connectivity index (χ4n) is 3.30. The molecule has 2 aliphatic rings. The number of thioether (sulfide) groups is 1. The van der Waals surface area contributed by atoms with Gasteiger partial charge in [0.2, 0.25) is 6.79 Å². The third kappa shape index (κ3) is 3.89. The molecule has 7 heteroatoms.